The molecule has 7 nitrogen and oxygen atoms in total. The number of carbonyl (C=O) groups is 3. The lowest BCUT2D eigenvalue weighted by molar-refractivity contribution is -0.124. The predicted molar refractivity (Wildman–Crippen MR) is 88.6 cm³/mol. The lowest BCUT2D eigenvalue weighted by atomic mass is 10.1. The number of ether oxygens (including phenoxy) is 1. The Balaban J connectivity index is 2.22. The van der Waals surface area contributed by atoms with Gasteiger partial charge in [0.2, 0.25) is 22.8 Å². The van der Waals surface area contributed by atoms with E-state index in [1.54, 1.807) is 24.3 Å². The molecule has 0 aliphatic rings. The summed E-state index contributed by atoms with van der Waals surface area (Å²) in [5.41, 5.74) is 0.458. The van der Waals surface area contributed by atoms with Gasteiger partial charge < -0.3 is 9.84 Å². The zero-order chi connectivity index (χ0) is 17.9. The van der Waals surface area contributed by atoms with E-state index in [4.69, 9.17) is 4.74 Å². The number of aromatic hydroxyl groups is 1. The molecule has 2 rings (SSSR count). The van der Waals surface area contributed by atoms with Crippen LogP contribution < -0.4 is 9.64 Å². The Kier molecular flexibility index (Phi) is 5.30. The molecule has 1 N–H and O–H groups in total. The first-order valence-electron chi connectivity index (χ1n) is 7.00. The number of rotatable bonds is 5. The van der Waals surface area contributed by atoms with E-state index in [0.717, 1.165) is 16.2 Å². The van der Waals surface area contributed by atoms with Crippen LogP contribution in [0, 0.1) is 0 Å². The third-order valence-corrected chi connectivity index (χ3v) is 4.25. The summed E-state index contributed by atoms with van der Waals surface area (Å²) in [6, 6.07) is 6.58. The van der Waals surface area contributed by atoms with Gasteiger partial charge in [-0.1, -0.05) is 11.3 Å². The van der Waals surface area contributed by atoms with E-state index >= 15 is 0 Å². The van der Waals surface area contributed by atoms with E-state index in [9.17, 15) is 19.5 Å². The first-order valence-corrected chi connectivity index (χ1v) is 7.82. The molecular weight excluding hydrogens is 332 g/mol. The topological polar surface area (TPSA) is 96.8 Å². The quantitative estimate of drug-likeness (QED) is 0.832. The number of Topliss-reactive ketones (excluding diaryl/α,β-unsaturated/α-hetero) is 1. The number of hydrogen-bond donors (Lipinski definition) is 1. The fourth-order valence-electron chi connectivity index (χ4n) is 2.06. The number of methoxy groups -OCH3 is 1. The van der Waals surface area contributed by atoms with Crippen LogP contribution in [0.5, 0.6) is 11.6 Å². The molecular formula is C16H16N2O5S. The van der Waals surface area contributed by atoms with Crippen LogP contribution in [0.2, 0.25) is 0 Å². The first kappa shape index (κ1) is 17.6. The van der Waals surface area contributed by atoms with Crippen LogP contribution in [-0.4, -0.2) is 34.8 Å². The molecule has 0 fully saturated rings. The molecule has 24 heavy (non-hydrogen) atoms. The van der Waals surface area contributed by atoms with Crippen LogP contribution in [0.3, 0.4) is 0 Å². The number of carbonyl (C=O) groups excluding carboxylic acids is 3. The molecule has 0 atom stereocenters. The Hall–Kier alpha value is -2.74. The van der Waals surface area contributed by atoms with Crippen molar-refractivity contribution in [2.45, 2.75) is 20.3 Å². The van der Waals surface area contributed by atoms with Crippen molar-refractivity contribution in [1.29, 1.82) is 0 Å². The summed E-state index contributed by atoms with van der Waals surface area (Å²) >= 11 is 0.933. The van der Waals surface area contributed by atoms with Gasteiger partial charge in [0.05, 0.1) is 18.4 Å². The van der Waals surface area contributed by atoms with Crippen LogP contribution in [0.1, 0.15) is 29.1 Å². The largest absolute Gasteiger partial charge is 0.497 e. The van der Waals surface area contributed by atoms with Crippen molar-refractivity contribution in [1.82, 2.24) is 4.98 Å². The molecule has 1 aromatic carbocycles. The van der Waals surface area contributed by atoms with E-state index in [1.165, 1.54) is 21.0 Å². The Morgan fingerprint density at radius 3 is 2.25 bits per heavy atom. The third kappa shape index (κ3) is 3.77. The average molecular weight is 348 g/mol. The van der Waals surface area contributed by atoms with Gasteiger partial charge in [0.1, 0.15) is 5.75 Å². The van der Waals surface area contributed by atoms with Gasteiger partial charge in [0.25, 0.3) is 0 Å². The average Bonchev–Trinajstić information content (AvgIpc) is 2.86. The van der Waals surface area contributed by atoms with Crippen LogP contribution in [0.25, 0.3) is 0 Å². The summed E-state index contributed by atoms with van der Waals surface area (Å²) in [6.45, 7) is 2.45. The second-order valence-electron chi connectivity index (χ2n) is 4.95. The normalized spacial score (nSPS) is 10.3. The monoisotopic (exact) mass is 348 g/mol. The van der Waals surface area contributed by atoms with Gasteiger partial charge in [-0.15, -0.1) is 0 Å². The Labute approximate surface area is 142 Å². The molecule has 1 aromatic heterocycles. The van der Waals surface area contributed by atoms with Crippen LogP contribution in [0.4, 0.5) is 5.13 Å². The van der Waals surface area contributed by atoms with E-state index in [1.807, 2.05) is 0 Å². The Morgan fingerprint density at radius 1 is 1.17 bits per heavy atom. The molecule has 0 saturated carbocycles. The maximum atomic E-state index is 12.3. The molecule has 2 aromatic rings. The minimum Gasteiger partial charge on any atom is -0.497 e. The summed E-state index contributed by atoms with van der Waals surface area (Å²) in [7, 11) is 1.53. The summed E-state index contributed by atoms with van der Waals surface area (Å²) in [5.74, 6) is -0.966. The second-order valence-corrected chi connectivity index (χ2v) is 6.01. The van der Waals surface area contributed by atoms with Gasteiger partial charge in [-0.05, 0) is 24.3 Å². The van der Waals surface area contributed by atoms with Crippen molar-refractivity contribution in [2.24, 2.45) is 0 Å². The first-order chi connectivity index (χ1) is 11.3. The minimum absolute atomic E-state index is 0.0463. The highest BCUT2D eigenvalue weighted by Gasteiger charge is 2.23. The molecule has 126 valence electrons. The highest BCUT2D eigenvalue weighted by atomic mass is 32.1. The van der Waals surface area contributed by atoms with E-state index in [2.05, 4.69) is 4.98 Å². The molecule has 0 radical (unpaired) electrons. The number of ketones is 1. The van der Waals surface area contributed by atoms with Crippen LogP contribution >= 0.6 is 11.3 Å². The van der Waals surface area contributed by atoms with Crippen LogP contribution in [-0.2, 0) is 16.0 Å². The zero-order valence-corrected chi connectivity index (χ0v) is 14.2. The minimum atomic E-state index is -0.510. The number of thiazole rings is 1. The molecule has 0 saturated heterocycles. The number of amides is 2. The zero-order valence-electron chi connectivity index (χ0n) is 13.4. The Morgan fingerprint density at radius 2 is 1.75 bits per heavy atom. The summed E-state index contributed by atoms with van der Waals surface area (Å²) in [6.07, 6.45) is -0.0839. The maximum absolute atomic E-state index is 12.3. The van der Waals surface area contributed by atoms with E-state index in [0.29, 0.717) is 16.2 Å². The summed E-state index contributed by atoms with van der Waals surface area (Å²) < 4.78 is 5.03. The van der Waals surface area contributed by atoms with Crippen molar-refractivity contribution in [3.8, 4) is 11.6 Å². The smallest absolute Gasteiger partial charge is 0.232 e. The molecule has 2 amide bonds. The van der Waals surface area contributed by atoms with Gasteiger partial charge >= 0.3 is 0 Å². The molecule has 0 aliphatic heterocycles. The molecule has 0 bridgehead atoms. The van der Waals surface area contributed by atoms with Crippen molar-refractivity contribution < 1.29 is 24.2 Å². The fourth-order valence-corrected chi connectivity index (χ4v) is 3.10. The second kappa shape index (κ2) is 7.22. The van der Waals surface area contributed by atoms with Gasteiger partial charge in [0.15, 0.2) is 5.78 Å². The van der Waals surface area contributed by atoms with Crippen molar-refractivity contribution in [3.05, 3.63) is 34.7 Å². The number of anilines is 1. The SMILES string of the molecule is COc1ccc(C(=O)Cc2sc(N(C(C)=O)C(C)=O)nc2O)cc1. The van der Waals surface area contributed by atoms with E-state index < -0.39 is 11.8 Å². The summed E-state index contributed by atoms with van der Waals surface area (Å²) in [5, 5.41) is 9.95. The van der Waals surface area contributed by atoms with Gasteiger partial charge in [-0.2, -0.15) is 4.98 Å². The standard InChI is InChI=1S/C16H16N2O5S/c1-9(19)18(10(2)20)16-17-15(22)14(24-16)8-13(21)11-4-6-12(23-3)7-5-11/h4-7,22H,8H2,1-3H3. The van der Waals surface area contributed by atoms with Gasteiger partial charge in [-0.3, -0.25) is 14.4 Å². The number of benzene rings is 1. The summed E-state index contributed by atoms with van der Waals surface area (Å²) in [4.78, 5) is 40.3. The predicted octanol–water partition coefficient (Wildman–Crippen LogP) is 2.18. The lowest BCUT2D eigenvalue weighted by Gasteiger charge is -2.12. The molecule has 8 heteroatoms. The molecule has 0 spiro atoms. The highest BCUT2D eigenvalue weighted by Crippen LogP contribution is 2.32. The molecule has 0 aliphatic carbocycles. The molecule has 1 heterocycles. The highest BCUT2D eigenvalue weighted by molar-refractivity contribution is 7.16. The fraction of sp³-hybridized carbons (Fsp3) is 0.250. The van der Waals surface area contributed by atoms with Gasteiger partial charge in [-0.25, -0.2) is 4.90 Å². The lowest BCUT2D eigenvalue weighted by Crippen LogP contribution is -2.32. The van der Waals surface area contributed by atoms with Crippen molar-refractivity contribution in [2.75, 3.05) is 12.0 Å². The number of nitrogens with zero attached hydrogens (tertiary/aromatic N) is 2. The van der Waals surface area contributed by atoms with Gasteiger partial charge in [0, 0.05) is 19.4 Å². The number of hydrogen-bond acceptors (Lipinski definition) is 7. The molecule has 0 unspecified atom stereocenters. The maximum Gasteiger partial charge on any atom is 0.232 e. The van der Waals surface area contributed by atoms with E-state index in [-0.39, 0.29) is 23.2 Å². The van der Waals surface area contributed by atoms with Crippen molar-refractivity contribution in [3.63, 3.8) is 0 Å². The van der Waals surface area contributed by atoms with Crippen LogP contribution in [0.15, 0.2) is 24.3 Å². The number of aromatic nitrogens is 1. The third-order valence-electron chi connectivity index (χ3n) is 3.22. The number of imide groups is 1. The Bertz CT molecular complexity index is 768. The van der Waals surface area contributed by atoms with Crippen molar-refractivity contribution >= 4 is 34.1 Å².